The molecule has 1 atom stereocenters. The van der Waals surface area contributed by atoms with Gasteiger partial charge in [-0.3, -0.25) is 4.90 Å². The molecule has 2 aliphatic rings. The highest BCUT2D eigenvalue weighted by molar-refractivity contribution is 8.19. The van der Waals surface area contributed by atoms with Gasteiger partial charge >= 0.3 is 6.03 Å². The lowest BCUT2D eigenvalue weighted by Crippen LogP contribution is -2.54. The number of thioether (sulfide) groups is 2. The monoisotopic (exact) mass is 408 g/mol. The van der Waals surface area contributed by atoms with Crippen LogP contribution < -0.4 is 10.6 Å². The number of rotatable bonds is 6. The van der Waals surface area contributed by atoms with Crippen LogP contribution in [0.1, 0.15) is 24.0 Å². The maximum Gasteiger partial charge on any atom is 0.319 e. The molecule has 0 saturated carbocycles. The van der Waals surface area contributed by atoms with E-state index >= 15 is 0 Å². The lowest BCUT2D eigenvalue weighted by Gasteiger charge is -2.39. The number of piperazine rings is 1. The van der Waals surface area contributed by atoms with E-state index in [1.54, 1.807) is 0 Å². The van der Waals surface area contributed by atoms with Crippen LogP contribution >= 0.6 is 23.5 Å². The molecule has 0 aliphatic carbocycles. The Morgan fingerprint density at radius 1 is 1.19 bits per heavy atom. The molecule has 3 rings (SSSR count). The maximum absolute atomic E-state index is 12.4. The second kappa shape index (κ2) is 10.0. The standard InChI is InChI=1S/C20H32N4OS2/c1-15(2)18(24-9-7-23(3)8-10-24)14-21-20(25)22-17-6-4-5-16(13-17)19-26-11-12-27-19/h4-6,13,15,18-19H,7-12,14H2,1-3H3,(H2,21,22,25). The lowest BCUT2D eigenvalue weighted by atomic mass is 10.0. The van der Waals surface area contributed by atoms with Crippen molar-refractivity contribution in [1.82, 2.24) is 15.1 Å². The van der Waals surface area contributed by atoms with Gasteiger partial charge in [-0.05, 0) is 30.7 Å². The number of carbonyl (C=O) groups excluding carboxylic acids is 1. The molecule has 1 unspecified atom stereocenters. The van der Waals surface area contributed by atoms with E-state index < -0.39 is 0 Å². The van der Waals surface area contributed by atoms with Gasteiger partial charge in [0, 0.05) is 56.0 Å². The Kier molecular flexibility index (Phi) is 7.75. The Balaban J connectivity index is 1.51. The van der Waals surface area contributed by atoms with Crippen LogP contribution in [0.5, 0.6) is 0 Å². The maximum atomic E-state index is 12.4. The van der Waals surface area contributed by atoms with E-state index in [2.05, 4.69) is 53.5 Å². The van der Waals surface area contributed by atoms with Gasteiger partial charge in [0.15, 0.2) is 0 Å². The Morgan fingerprint density at radius 3 is 2.56 bits per heavy atom. The highest BCUT2D eigenvalue weighted by Crippen LogP contribution is 2.45. The Hall–Kier alpha value is -0.890. The largest absolute Gasteiger partial charge is 0.336 e. The summed E-state index contributed by atoms with van der Waals surface area (Å²) in [7, 11) is 2.17. The molecule has 0 aromatic heterocycles. The molecule has 2 N–H and O–H groups in total. The van der Waals surface area contributed by atoms with Crippen molar-refractivity contribution < 1.29 is 4.79 Å². The van der Waals surface area contributed by atoms with Crippen molar-refractivity contribution in [3.05, 3.63) is 29.8 Å². The fourth-order valence-corrected chi connectivity index (χ4v) is 6.46. The van der Waals surface area contributed by atoms with Crippen molar-refractivity contribution in [3.63, 3.8) is 0 Å². The number of likely N-dealkylation sites (N-methyl/N-ethyl adjacent to an activating group) is 1. The normalized spacial score (nSPS) is 20.7. The van der Waals surface area contributed by atoms with Gasteiger partial charge in [-0.1, -0.05) is 26.0 Å². The second-order valence-corrected chi connectivity index (χ2v) is 10.4. The van der Waals surface area contributed by atoms with Crippen LogP contribution in [-0.2, 0) is 0 Å². The topological polar surface area (TPSA) is 47.6 Å². The van der Waals surface area contributed by atoms with Gasteiger partial charge in [0.05, 0.1) is 4.58 Å². The minimum Gasteiger partial charge on any atom is -0.336 e. The molecule has 2 amide bonds. The second-order valence-electron chi connectivity index (χ2n) is 7.68. The number of benzene rings is 1. The number of anilines is 1. The van der Waals surface area contributed by atoms with E-state index in [9.17, 15) is 4.79 Å². The van der Waals surface area contributed by atoms with E-state index in [0.717, 1.165) is 31.9 Å². The van der Waals surface area contributed by atoms with Crippen LogP contribution in [0.25, 0.3) is 0 Å². The molecule has 0 bridgehead atoms. The molecule has 2 heterocycles. The van der Waals surface area contributed by atoms with Crippen molar-refractivity contribution >= 4 is 35.2 Å². The van der Waals surface area contributed by atoms with Gasteiger partial charge in [-0.15, -0.1) is 23.5 Å². The average Bonchev–Trinajstić information content (AvgIpc) is 3.18. The van der Waals surface area contributed by atoms with Gasteiger partial charge < -0.3 is 15.5 Å². The molecule has 150 valence electrons. The van der Waals surface area contributed by atoms with Gasteiger partial charge in [0.1, 0.15) is 0 Å². The smallest absolute Gasteiger partial charge is 0.319 e. The van der Waals surface area contributed by atoms with Gasteiger partial charge in [-0.2, -0.15) is 0 Å². The van der Waals surface area contributed by atoms with Crippen LogP contribution in [0.4, 0.5) is 10.5 Å². The number of urea groups is 1. The fourth-order valence-electron chi connectivity index (χ4n) is 3.63. The van der Waals surface area contributed by atoms with E-state index in [0.29, 0.717) is 23.1 Å². The van der Waals surface area contributed by atoms with Crippen molar-refractivity contribution in [2.45, 2.75) is 24.5 Å². The summed E-state index contributed by atoms with van der Waals surface area (Å²) in [5.41, 5.74) is 2.16. The van der Waals surface area contributed by atoms with Crippen LogP contribution in [0, 0.1) is 5.92 Å². The molecule has 7 heteroatoms. The first-order chi connectivity index (χ1) is 13.0. The van der Waals surface area contributed by atoms with Crippen molar-refractivity contribution in [2.75, 3.05) is 56.6 Å². The Labute approximate surface area is 172 Å². The number of hydrogen-bond acceptors (Lipinski definition) is 5. The highest BCUT2D eigenvalue weighted by Gasteiger charge is 2.25. The SMILES string of the molecule is CC(C)C(CNC(=O)Nc1cccc(C2SCCS2)c1)N1CCN(C)CC1. The first kappa shape index (κ1) is 20.8. The molecule has 5 nitrogen and oxygen atoms in total. The van der Waals surface area contributed by atoms with Gasteiger partial charge in [0.25, 0.3) is 0 Å². The lowest BCUT2D eigenvalue weighted by molar-refractivity contribution is 0.0890. The van der Waals surface area contributed by atoms with Crippen LogP contribution in [0.3, 0.4) is 0 Å². The molecule has 2 saturated heterocycles. The molecule has 0 radical (unpaired) electrons. The Morgan fingerprint density at radius 2 is 1.89 bits per heavy atom. The zero-order chi connectivity index (χ0) is 19.2. The zero-order valence-electron chi connectivity index (χ0n) is 16.6. The van der Waals surface area contributed by atoms with Gasteiger partial charge in [-0.25, -0.2) is 4.79 Å². The van der Waals surface area contributed by atoms with Crippen molar-refractivity contribution in [3.8, 4) is 0 Å². The summed E-state index contributed by atoms with van der Waals surface area (Å²) in [6.07, 6.45) is 0. The summed E-state index contributed by atoms with van der Waals surface area (Å²) in [4.78, 5) is 17.3. The van der Waals surface area contributed by atoms with E-state index in [4.69, 9.17) is 0 Å². The third-order valence-electron chi connectivity index (χ3n) is 5.29. The summed E-state index contributed by atoms with van der Waals surface area (Å²) in [5, 5.41) is 6.11. The molecule has 1 aromatic rings. The summed E-state index contributed by atoms with van der Waals surface area (Å²) < 4.78 is 0.498. The average molecular weight is 409 g/mol. The molecular formula is C20H32N4OS2. The summed E-state index contributed by atoms with van der Waals surface area (Å²) in [6, 6.07) is 8.52. The predicted octanol–water partition coefficient (Wildman–Crippen LogP) is 3.56. The summed E-state index contributed by atoms with van der Waals surface area (Å²) >= 11 is 3.96. The number of nitrogens with one attached hydrogen (secondary N) is 2. The Bertz CT molecular complexity index is 614. The zero-order valence-corrected chi connectivity index (χ0v) is 18.2. The number of amides is 2. The third kappa shape index (κ3) is 6.04. The van der Waals surface area contributed by atoms with Crippen LogP contribution in [-0.4, -0.2) is 73.1 Å². The van der Waals surface area contributed by atoms with Crippen LogP contribution in [0.2, 0.25) is 0 Å². The molecule has 0 spiro atoms. The summed E-state index contributed by atoms with van der Waals surface area (Å²) in [5.74, 6) is 2.92. The summed E-state index contributed by atoms with van der Waals surface area (Å²) in [6.45, 7) is 9.49. The minimum atomic E-state index is -0.112. The number of hydrogen-bond donors (Lipinski definition) is 2. The van der Waals surface area contributed by atoms with Crippen LogP contribution in [0.15, 0.2) is 24.3 Å². The quantitative estimate of drug-likeness (QED) is 0.754. The molecule has 2 fully saturated rings. The van der Waals surface area contributed by atoms with E-state index in [-0.39, 0.29) is 6.03 Å². The van der Waals surface area contributed by atoms with Crippen molar-refractivity contribution in [1.29, 1.82) is 0 Å². The van der Waals surface area contributed by atoms with Gasteiger partial charge in [0.2, 0.25) is 0 Å². The number of carbonyl (C=O) groups is 1. The molecule has 2 aliphatic heterocycles. The first-order valence-corrected chi connectivity index (χ1v) is 11.9. The molecule has 27 heavy (non-hydrogen) atoms. The number of nitrogens with zero attached hydrogens (tertiary/aromatic N) is 2. The predicted molar refractivity (Wildman–Crippen MR) is 119 cm³/mol. The minimum absolute atomic E-state index is 0.112. The fraction of sp³-hybridized carbons (Fsp3) is 0.650. The molecular weight excluding hydrogens is 376 g/mol. The van der Waals surface area contributed by atoms with Crippen molar-refractivity contribution in [2.24, 2.45) is 5.92 Å². The molecule has 1 aromatic carbocycles. The van der Waals surface area contributed by atoms with E-state index in [1.807, 2.05) is 35.7 Å². The highest BCUT2D eigenvalue weighted by atomic mass is 32.2. The first-order valence-electron chi connectivity index (χ1n) is 9.83. The third-order valence-corrected chi connectivity index (χ3v) is 8.39. The van der Waals surface area contributed by atoms with E-state index in [1.165, 1.54) is 17.1 Å².